The minimum Gasteiger partial charge on any atom is -0.486 e. The number of benzene rings is 2. The molecule has 0 aliphatic rings. The highest BCUT2D eigenvalue weighted by Crippen LogP contribution is 2.33. The average molecular weight is 481 g/mol. The number of hydrogen-bond acceptors (Lipinski definition) is 5. The number of ether oxygens (including phenoxy) is 1. The van der Waals surface area contributed by atoms with Crippen LogP contribution in [0, 0.1) is 5.82 Å². The third-order valence-electron chi connectivity index (χ3n) is 3.60. The summed E-state index contributed by atoms with van der Waals surface area (Å²) in [4.78, 5) is 13.4. The molecule has 2 aromatic carbocycles. The number of aliphatic carboxylic acids is 1. The van der Waals surface area contributed by atoms with Crippen LogP contribution in [-0.2, 0) is 4.79 Å². The van der Waals surface area contributed by atoms with Gasteiger partial charge in [-0.1, -0.05) is 11.6 Å². The molecule has 0 amide bonds. The zero-order valence-corrected chi connectivity index (χ0v) is 17.0. The third kappa shape index (κ3) is 6.88. The van der Waals surface area contributed by atoms with Crippen molar-refractivity contribution in [3.05, 3.63) is 59.1 Å². The molecule has 166 valence electrons. The molecule has 1 aromatic heterocycles. The Morgan fingerprint density at radius 2 is 1.94 bits per heavy atom. The van der Waals surface area contributed by atoms with Crippen LogP contribution in [0.2, 0.25) is 5.02 Å². The zero-order chi connectivity index (χ0) is 23.2. The molecule has 0 spiro atoms. The molecule has 0 saturated carbocycles. The Bertz CT molecular complexity index is 1100. The Morgan fingerprint density at radius 3 is 2.48 bits per heavy atom. The van der Waals surface area contributed by atoms with Gasteiger partial charge in [0.15, 0.2) is 11.6 Å². The lowest BCUT2D eigenvalue weighted by Gasteiger charge is -2.08. The molecule has 0 aliphatic heterocycles. The number of nitrogens with zero attached hydrogens (tertiary/aromatic N) is 1. The van der Waals surface area contributed by atoms with Crippen molar-refractivity contribution in [2.75, 3.05) is 13.2 Å². The molecule has 3 aromatic rings. The molecule has 3 rings (SSSR count). The van der Waals surface area contributed by atoms with Gasteiger partial charge in [0.25, 0.3) is 0 Å². The fourth-order valence-electron chi connectivity index (χ4n) is 2.08. The number of carbonyl (C=O) groups is 1. The van der Waals surface area contributed by atoms with Crippen LogP contribution in [0.1, 0.15) is 0 Å². The highest BCUT2D eigenvalue weighted by Gasteiger charge is 2.38. The van der Waals surface area contributed by atoms with E-state index in [1.807, 2.05) is 12.1 Å². The van der Waals surface area contributed by atoms with Crippen molar-refractivity contribution >= 4 is 39.1 Å². The standard InChI is InChI=1S/C17H13ClF2N2OS.C2HF3O2/c18-12-2-3-14-16(6-12)24-17(22-14)11-1-4-15(13(20)5-11)23-9-10(7-19)8-21;3-2(4,5)1(6)7/h1-7H,8-9,21H2;(H,6,7). The fraction of sp³-hybridized carbons (Fsp3) is 0.158. The van der Waals surface area contributed by atoms with Gasteiger partial charge in [0.05, 0.1) is 16.5 Å². The van der Waals surface area contributed by atoms with Crippen molar-refractivity contribution < 1.29 is 36.6 Å². The summed E-state index contributed by atoms with van der Waals surface area (Å²) < 4.78 is 64.6. The number of aromatic nitrogens is 1. The van der Waals surface area contributed by atoms with E-state index in [0.29, 0.717) is 21.9 Å². The Kier molecular flexibility index (Phi) is 8.31. The highest BCUT2D eigenvalue weighted by molar-refractivity contribution is 7.21. The van der Waals surface area contributed by atoms with E-state index in [4.69, 9.17) is 32.0 Å². The quantitative estimate of drug-likeness (QED) is 0.466. The van der Waals surface area contributed by atoms with Crippen molar-refractivity contribution in [2.45, 2.75) is 6.18 Å². The van der Waals surface area contributed by atoms with Crippen molar-refractivity contribution in [3.63, 3.8) is 0 Å². The molecule has 12 heteroatoms. The fourth-order valence-corrected chi connectivity index (χ4v) is 3.32. The van der Waals surface area contributed by atoms with Crippen LogP contribution in [0.5, 0.6) is 5.75 Å². The van der Waals surface area contributed by atoms with E-state index in [9.17, 15) is 22.0 Å². The lowest BCUT2D eigenvalue weighted by molar-refractivity contribution is -0.192. The number of thiazole rings is 1. The topological polar surface area (TPSA) is 85.4 Å². The summed E-state index contributed by atoms with van der Waals surface area (Å²) in [6.07, 6.45) is -4.71. The summed E-state index contributed by atoms with van der Waals surface area (Å²) in [5.74, 6) is -3.26. The van der Waals surface area contributed by atoms with Gasteiger partial charge in [-0.05, 0) is 36.4 Å². The largest absolute Gasteiger partial charge is 0.490 e. The zero-order valence-electron chi connectivity index (χ0n) is 15.4. The molecule has 3 N–H and O–H groups in total. The van der Waals surface area contributed by atoms with Crippen LogP contribution in [0.15, 0.2) is 48.3 Å². The maximum Gasteiger partial charge on any atom is 0.490 e. The minimum atomic E-state index is -5.08. The third-order valence-corrected chi connectivity index (χ3v) is 4.90. The molecule has 5 nitrogen and oxygen atoms in total. The first-order valence-corrected chi connectivity index (χ1v) is 9.51. The normalized spacial score (nSPS) is 11.8. The van der Waals surface area contributed by atoms with Gasteiger partial charge in [0.2, 0.25) is 0 Å². The van der Waals surface area contributed by atoms with Gasteiger partial charge in [-0.3, -0.25) is 0 Å². The SMILES string of the molecule is NCC(=CF)COc1ccc(-c2nc3ccc(Cl)cc3s2)cc1F.O=C(O)C(F)(F)F. The summed E-state index contributed by atoms with van der Waals surface area (Å²) in [5, 5.41) is 8.44. The summed E-state index contributed by atoms with van der Waals surface area (Å²) >= 11 is 7.39. The molecular formula is C19H14ClF5N2O3S. The van der Waals surface area contributed by atoms with Crippen molar-refractivity contribution in [1.82, 2.24) is 4.98 Å². The maximum absolute atomic E-state index is 14.2. The number of halogens is 6. The Balaban J connectivity index is 0.000000423. The molecule has 0 saturated heterocycles. The number of fused-ring (bicyclic) bond motifs is 1. The van der Waals surface area contributed by atoms with Crippen molar-refractivity contribution in [2.24, 2.45) is 5.73 Å². The molecule has 1 heterocycles. The van der Waals surface area contributed by atoms with Gasteiger partial charge >= 0.3 is 12.1 Å². The van der Waals surface area contributed by atoms with Gasteiger partial charge in [0, 0.05) is 22.7 Å². The summed E-state index contributed by atoms with van der Waals surface area (Å²) in [6.45, 7) is -0.0760. The predicted octanol–water partition coefficient (Wildman–Crippen LogP) is 5.58. The first-order chi connectivity index (χ1) is 14.5. The molecule has 0 atom stereocenters. The molecule has 0 unspecified atom stereocenters. The number of alkyl halides is 3. The van der Waals surface area contributed by atoms with Crippen LogP contribution in [0.3, 0.4) is 0 Å². The predicted molar refractivity (Wildman–Crippen MR) is 107 cm³/mol. The van der Waals surface area contributed by atoms with Crippen LogP contribution >= 0.6 is 22.9 Å². The first kappa shape index (κ1) is 24.5. The summed E-state index contributed by atoms with van der Waals surface area (Å²) in [6, 6.07) is 9.95. The average Bonchev–Trinajstić information content (AvgIpc) is 3.12. The maximum atomic E-state index is 14.2. The molecule has 31 heavy (non-hydrogen) atoms. The van der Waals surface area contributed by atoms with Crippen LogP contribution < -0.4 is 10.5 Å². The second-order valence-corrected chi connectivity index (χ2v) is 7.31. The Hall–Kier alpha value is -2.76. The van der Waals surface area contributed by atoms with Crippen molar-refractivity contribution in [3.8, 4) is 16.3 Å². The monoisotopic (exact) mass is 480 g/mol. The molecular weight excluding hydrogens is 467 g/mol. The molecule has 0 fully saturated rings. The minimum absolute atomic E-state index is 0.0183. The Labute approximate surface area is 181 Å². The second kappa shape index (κ2) is 10.5. The van der Waals surface area contributed by atoms with E-state index in [-0.39, 0.29) is 24.5 Å². The van der Waals surface area contributed by atoms with Crippen LogP contribution in [0.4, 0.5) is 22.0 Å². The van der Waals surface area contributed by atoms with Crippen LogP contribution in [-0.4, -0.2) is 35.4 Å². The van der Waals surface area contributed by atoms with Gasteiger partial charge in [0.1, 0.15) is 11.6 Å². The van der Waals surface area contributed by atoms with E-state index >= 15 is 0 Å². The molecule has 0 radical (unpaired) electrons. The van der Waals surface area contributed by atoms with E-state index in [0.717, 1.165) is 10.2 Å². The number of rotatable bonds is 5. The number of nitrogens with two attached hydrogens (primary N) is 1. The van der Waals surface area contributed by atoms with Gasteiger partial charge in [-0.15, -0.1) is 11.3 Å². The number of carboxylic acids is 1. The second-order valence-electron chi connectivity index (χ2n) is 5.84. The van der Waals surface area contributed by atoms with Gasteiger partial charge in [-0.2, -0.15) is 13.2 Å². The van der Waals surface area contributed by atoms with E-state index in [2.05, 4.69) is 4.98 Å². The van der Waals surface area contributed by atoms with Gasteiger partial charge in [-0.25, -0.2) is 18.6 Å². The van der Waals surface area contributed by atoms with Crippen molar-refractivity contribution in [1.29, 1.82) is 0 Å². The van der Waals surface area contributed by atoms with Gasteiger partial charge < -0.3 is 15.6 Å². The smallest absolute Gasteiger partial charge is 0.486 e. The lowest BCUT2D eigenvalue weighted by atomic mass is 10.2. The summed E-state index contributed by atoms with van der Waals surface area (Å²) in [7, 11) is 0. The van der Waals surface area contributed by atoms with Crippen LogP contribution in [0.25, 0.3) is 20.8 Å². The number of carboxylic acid groups (broad SMARTS) is 1. The molecule has 0 bridgehead atoms. The van der Waals surface area contributed by atoms with E-state index in [1.54, 1.807) is 12.1 Å². The van der Waals surface area contributed by atoms with E-state index < -0.39 is 18.0 Å². The number of hydrogen-bond donors (Lipinski definition) is 2. The lowest BCUT2D eigenvalue weighted by Crippen LogP contribution is -2.21. The Morgan fingerprint density at radius 1 is 1.26 bits per heavy atom. The van der Waals surface area contributed by atoms with E-state index in [1.165, 1.54) is 23.5 Å². The molecule has 0 aliphatic carbocycles. The highest BCUT2D eigenvalue weighted by atomic mass is 35.5. The summed E-state index contributed by atoms with van der Waals surface area (Å²) in [5.41, 5.74) is 7.03. The first-order valence-electron chi connectivity index (χ1n) is 8.32.